The highest BCUT2D eigenvalue weighted by molar-refractivity contribution is 7.99. The molecule has 276 valence electrons. The van der Waals surface area contributed by atoms with E-state index in [0.29, 0.717) is 5.95 Å². The highest BCUT2D eigenvalue weighted by Crippen LogP contribution is 2.52. The number of para-hydroxylation sites is 4. The smallest absolute Gasteiger partial charge is 0.235 e. The summed E-state index contributed by atoms with van der Waals surface area (Å²) in [5.41, 5.74) is 13.2. The van der Waals surface area contributed by atoms with Crippen molar-refractivity contribution < 1.29 is 0 Å². The molecule has 3 heterocycles. The van der Waals surface area contributed by atoms with Crippen molar-refractivity contribution in [3.8, 4) is 39.5 Å². The third-order valence-electron chi connectivity index (χ3n) is 11.6. The Labute approximate surface area is 345 Å². The normalized spacial score (nSPS) is 12.3. The summed E-state index contributed by atoms with van der Waals surface area (Å²) in [4.78, 5) is 15.6. The van der Waals surface area contributed by atoms with Crippen molar-refractivity contribution in [2.45, 2.75) is 9.79 Å². The highest BCUT2D eigenvalue weighted by Gasteiger charge is 2.26. The summed E-state index contributed by atoms with van der Waals surface area (Å²) in [6.45, 7) is 0. The number of nitrogens with zero attached hydrogens (tertiary/aromatic N) is 4. The summed E-state index contributed by atoms with van der Waals surface area (Å²) >= 11 is 1.84. The van der Waals surface area contributed by atoms with Gasteiger partial charge in [0.1, 0.15) is 0 Å². The molecular weight excluding hydrogens is 737 g/mol. The minimum atomic E-state index is 0.652. The Bertz CT molecular complexity index is 3410. The first-order valence-corrected chi connectivity index (χ1v) is 20.7. The van der Waals surface area contributed by atoms with Crippen LogP contribution in [0.5, 0.6) is 0 Å². The van der Waals surface area contributed by atoms with E-state index in [4.69, 9.17) is 9.97 Å². The van der Waals surface area contributed by atoms with Gasteiger partial charge in [-0.2, -0.15) is 0 Å². The first-order chi connectivity index (χ1) is 29.3. The molecule has 0 aliphatic carbocycles. The number of fused-ring (bicyclic) bond motifs is 8. The van der Waals surface area contributed by atoms with Gasteiger partial charge in [0, 0.05) is 42.8 Å². The fourth-order valence-corrected chi connectivity index (χ4v) is 9.99. The van der Waals surface area contributed by atoms with Gasteiger partial charge in [-0.1, -0.05) is 169 Å². The van der Waals surface area contributed by atoms with Gasteiger partial charge in [-0.15, -0.1) is 0 Å². The molecule has 4 nitrogen and oxygen atoms in total. The Kier molecular flexibility index (Phi) is 7.75. The first kappa shape index (κ1) is 33.6. The minimum absolute atomic E-state index is 0.652. The van der Waals surface area contributed by atoms with E-state index in [1.165, 1.54) is 53.8 Å². The van der Waals surface area contributed by atoms with Crippen LogP contribution in [0.15, 0.2) is 216 Å². The molecular formula is C54H34N4S. The van der Waals surface area contributed by atoms with Crippen LogP contribution in [0.3, 0.4) is 0 Å². The standard InChI is InChI=1S/C54H34N4S/c1-3-15-38(16-4-1)52-43-20-9-10-23-45(43)55-54(56-52)58-48-33-30-36-14-7-8-19-41(36)51(48)44-22-13-21-42(53(44)58)37-28-26-35(27-29-37)39-31-32-47-50(34-39)59-49-25-12-11-24-46(49)57(47)40-17-5-2-6-18-40/h1-34H. The lowest BCUT2D eigenvalue weighted by atomic mass is 9.97. The second-order valence-electron chi connectivity index (χ2n) is 15.0. The van der Waals surface area contributed by atoms with Gasteiger partial charge in [0.15, 0.2) is 0 Å². The van der Waals surface area contributed by atoms with Crippen molar-refractivity contribution in [3.63, 3.8) is 0 Å². The molecule has 0 atom stereocenters. The maximum absolute atomic E-state index is 5.40. The molecule has 0 radical (unpaired) electrons. The number of benzene rings is 9. The Balaban J connectivity index is 1.03. The van der Waals surface area contributed by atoms with E-state index in [9.17, 15) is 0 Å². The lowest BCUT2D eigenvalue weighted by Gasteiger charge is -2.33. The van der Waals surface area contributed by atoms with Gasteiger partial charge in [-0.05, 0) is 76.0 Å². The number of hydrogen-bond donors (Lipinski definition) is 0. The average Bonchev–Trinajstić information content (AvgIpc) is 3.66. The van der Waals surface area contributed by atoms with E-state index in [0.717, 1.165) is 50.0 Å². The molecule has 0 spiro atoms. The fourth-order valence-electron chi connectivity index (χ4n) is 8.89. The zero-order valence-electron chi connectivity index (χ0n) is 31.8. The molecule has 12 rings (SSSR count). The molecule has 9 aromatic carbocycles. The van der Waals surface area contributed by atoms with Gasteiger partial charge in [0.2, 0.25) is 5.95 Å². The van der Waals surface area contributed by atoms with E-state index < -0.39 is 0 Å². The van der Waals surface area contributed by atoms with Crippen LogP contribution in [0.25, 0.3) is 82.9 Å². The van der Waals surface area contributed by atoms with Gasteiger partial charge in [-0.25, -0.2) is 9.97 Å². The molecule has 2 aromatic heterocycles. The van der Waals surface area contributed by atoms with Crippen molar-refractivity contribution in [2.75, 3.05) is 4.90 Å². The molecule has 11 aromatic rings. The predicted octanol–water partition coefficient (Wildman–Crippen LogP) is 14.8. The molecule has 0 fully saturated rings. The van der Waals surface area contributed by atoms with Crippen molar-refractivity contribution in [1.82, 2.24) is 14.5 Å². The van der Waals surface area contributed by atoms with Gasteiger partial charge >= 0.3 is 0 Å². The fraction of sp³-hybridized carbons (Fsp3) is 0. The number of hydrogen-bond acceptors (Lipinski definition) is 4. The van der Waals surface area contributed by atoms with Crippen LogP contribution in [-0.2, 0) is 0 Å². The molecule has 0 saturated heterocycles. The van der Waals surface area contributed by atoms with Crippen molar-refractivity contribution in [1.29, 1.82) is 0 Å². The lowest BCUT2D eigenvalue weighted by molar-refractivity contribution is 1.01. The maximum Gasteiger partial charge on any atom is 0.235 e. The second-order valence-corrected chi connectivity index (χ2v) is 16.1. The van der Waals surface area contributed by atoms with E-state index in [-0.39, 0.29) is 0 Å². The van der Waals surface area contributed by atoms with Crippen LogP contribution in [0, 0.1) is 0 Å². The SMILES string of the molecule is c1ccc(-c2nc(-n3c4ccc5ccccc5c4c4cccc(-c5ccc(-c6ccc7c(c6)Sc6ccccc6N7c6ccccc6)cc5)c43)nc3ccccc23)cc1. The topological polar surface area (TPSA) is 34.0 Å². The van der Waals surface area contributed by atoms with Gasteiger partial charge in [-0.3, -0.25) is 4.57 Å². The largest absolute Gasteiger partial charge is 0.308 e. The maximum atomic E-state index is 5.40. The summed E-state index contributed by atoms with van der Waals surface area (Å²) in [6, 6.07) is 73.8. The summed E-state index contributed by atoms with van der Waals surface area (Å²) in [7, 11) is 0. The van der Waals surface area contributed by atoms with Crippen LogP contribution < -0.4 is 4.90 Å². The van der Waals surface area contributed by atoms with E-state index in [1.54, 1.807) is 0 Å². The summed E-state index contributed by atoms with van der Waals surface area (Å²) in [5.74, 6) is 0.652. The molecule has 1 aliphatic heterocycles. The quantitative estimate of drug-likeness (QED) is 0.175. The molecule has 1 aliphatic rings. The molecule has 0 saturated carbocycles. The van der Waals surface area contributed by atoms with E-state index >= 15 is 0 Å². The monoisotopic (exact) mass is 770 g/mol. The van der Waals surface area contributed by atoms with Crippen LogP contribution in [0.2, 0.25) is 0 Å². The summed E-state index contributed by atoms with van der Waals surface area (Å²) in [5, 5.41) is 5.82. The summed E-state index contributed by atoms with van der Waals surface area (Å²) in [6.07, 6.45) is 0. The number of aromatic nitrogens is 3. The molecule has 0 N–H and O–H groups in total. The Morgan fingerprint density at radius 2 is 1.10 bits per heavy atom. The first-order valence-electron chi connectivity index (χ1n) is 19.9. The second kappa shape index (κ2) is 13.6. The van der Waals surface area contributed by atoms with Crippen LogP contribution in [0.4, 0.5) is 17.1 Å². The molecule has 0 unspecified atom stereocenters. The number of rotatable bonds is 5. The zero-order valence-corrected chi connectivity index (χ0v) is 32.6. The zero-order chi connectivity index (χ0) is 38.9. The molecule has 0 bridgehead atoms. The van der Waals surface area contributed by atoms with Crippen LogP contribution in [0.1, 0.15) is 0 Å². The van der Waals surface area contributed by atoms with E-state index in [2.05, 4.69) is 210 Å². The third-order valence-corrected chi connectivity index (χ3v) is 12.7. The molecule has 59 heavy (non-hydrogen) atoms. The predicted molar refractivity (Wildman–Crippen MR) is 246 cm³/mol. The summed E-state index contributed by atoms with van der Waals surface area (Å²) < 4.78 is 2.29. The molecule has 0 amide bonds. The highest BCUT2D eigenvalue weighted by atomic mass is 32.2. The lowest BCUT2D eigenvalue weighted by Crippen LogP contribution is -2.14. The van der Waals surface area contributed by atoms with Crippen LogP contribution in [-0.4, -0.2) is 14.5 Å². The van der Waals surface area contributed by atoms with Gasteiger partial charge in [0.05, 0.1) is 33.6 Å². The Hall–Kier alpha value is -7.47. The Morgan fingerprint density at radius 3 is 1.97 bits per heavy atom. The third kappa shape index (κ3) is 5.47. The number of anilines is 3. The van der Waals surface area contributed by atoms with Crippen molar-refractivity contribution >= 4 is 72.3 Å². The van der Waals surface area contributed by atoms with Gasteiger partial charge < -0.3 is 4.90 Å². The average molecular weight is 771 g/mol. The van der Waals surface area contributed by atoms with Crippen molar-refractivity contribution in [3.05, 3.63) is 206 Å². The Morgan fingerprint density at radius 1 is 0.424 bits per heavy atom. The van der Waals surface area contributed by atoms with Gasteiger partial charge in [0.25, 0.3) is 0 Å². The van der Waals surface area contributed by atoms with Crippen molar-refractivity contribution in [2.24, 2.45) is 0 Å². The molecule has 5 heteroatoms. The van der Waals surface area contributed by atoms with E-state index in [1.807, 2.05) is 17.8 Å². The van der Waals surface area contributed by atoms with Crippen LogP contribution >= 0.6 is 11.8 Å². The minimum Gasteiger partial charge on any atom is -0.308 e.